The van der Waals surface area contributed by atoms with Crippen LogP contribution in [0.4, 0.5) is 5.69 Å². The molecule has 0 aliphatic rings. The van der Waals surface area contributed by atoms with Crippen LogP contribution in [-0.4, -0.2) is 61.3 Å². The molecule has 28 heavy (non-hydrogen) atoms. The molecule has 0 aliphatic carbocycles. The van der Waals surface area contributed by atoms with Crippen LogP contribution in [0, 0.1) is 10.1 Å². The summed E-state index contributed by atoms with van der Waals surface area (Å²) in [6.07, 6.45) is 3.86. The van der Waals surface area contributed by atoms with E-state index >= 15 is 0 Å². The highest BCUT2D eigenvalue weighted by atomic mass is 32.2. The van der Waals surface area contributed by atoms with Crippen molar-refractivity contribution in [3.05, 3.63) is 34.1 Å². The molecule has 0 radical (unpaired) electrons. The SMILES string of the molecule is COC(=O)c1cc([N+](=O)[O-])c(-c2nccn2C)c(S(=O)(=O)/N=C/N(C)C)c1S. The van der Waals surface area contributed by atoms with Crippen LogP contribution in [0.2, 0.25) is 0 Å². The fraction of sp³-hybridized carbons (Fsp3) is 0.267. The average Bonchev–Trinajstić information content (AvgIpc) is 3.04. The van der Waals surface area contributed by atoms with Crippen LogP contribution < -0.4 is 0 Å². The molecule has 2 rings (SSSR count). The van der Waals surface area contributed by atoms with Crippen LogP contribution in [0.1, 0.15) is 10.4 Å². The lowest BCUT2D eigenvalue weighted by molar-refractivity contribution is -0.384. The van der Waals surface area contributed by atoms with Gasteiger partial charge in [-0.15, -0.1) is 17.0 Å². The molecule has 1 heterocycles. The molecule has 0 saturated heterocycles. The Kier molecular flexibility index (Phi) is 6.09. The molecule has 0 atom stereocenters. The quantitative estimate of drug-likeness (QED) is 0.182. The van der Waals surface area contributed by atoms with E-state index in [9.17, 15) is 23.3 Å². The van der Waals surface area contributed by atoms with E-state index in [4.69, 9.17) is 0 Å². The molecule has 0 spiro atoms. The largest absolute Gasteiger partial charge is 0.465 e. The Labute approximate surface area is 166 Å². The topological polar surface area (TPSA) is 137 Å². The Balaban J connectivity index is 3.05. The number of nitro groups is 1. The summed E-state index contributed by atoms with van der Waals surface area (Å²) in [4.78, 5) is 27.4. The van der Waals surface area contributed by atoms with Crippen molar-refractivity contribution in [1.82, 2.24) is 14.5 Å². The number of imidazole rings is 1. The van der Waals surface area contributed by atoms with Crippen LogP contribution in [0.3, 0.4) is 0 Å². The molecule has 2 aromatic rings. The number of sulfonamides is 1. The van der Waals surface area contributed by atoms with Crippen molar-refractivity contribution in [3.63, 3.8) is 0 Å². The number of nitrogens with zero attached hydrogens (tertiary/aromatic N) is 5. The van der Waals surface area contributed by atoms with Gasteiger partial charge in [0.25, 0.3) is 15.7 Å². The minimum atomic E-state index is -4.49. The van der Waals surface area contributed by atoms with Gasteiger partial charge in [0.15, 0.2) is 0 Å². The average molecular weight is 427 g/mol. The maximum atomic E-state index is 12.9. The number of rotatable bonds is 6. The summed E-state index contributed by atoms with van der Waals surface area (Å²) in [7, 11) is 1.21. The summed E-state index contributed by atoms with van der Waals surface area (Å²) < 4.78 is 35.4. The predicted octanol–water partition coefficient (Wildman–Crippen LogP) is 1.35. The van der Waals surface area contributed by atoms with Gasteiger partial charge < -0.3 is 14.2 Å². The normalized spacial score (nSPS) is 11.6. The lowest BCUT2D eigenvalue weighted by atomic mass is 10.1. The molecule has 1 aromatic heterocycles. The van der Waals surface area contributed by atoms with Gasteiger partial charge in [0.05, 0.1) is 17.6 Å². The molecule has 1 aromatic carbocycles. The second-order valence-electron chi connectivity index (χ2n) is 5.77. The number of hydrogen-bond donors (Lipinski definition) is 1. The van der Waals surface area contributed by atoms with Gasteiger partial charge in [-0.3, -0.25) is 10.1 Å². The molecule has 11 nitrogen and oxygen atoms in total. The number of nitro benzene ring substituents is 1. The van der Waals surface area contributed by atoms with E-state index in [0.29, 0.717) is 0 Å². The highest BCUT2D eigenvalue weighted by Gasteiger charge is 2.35. The fourth-order valence-electron chi connectivity index (χ4n) is 2.33. The molecule has 0 amide bonds. The maximum absolute atomic E-state index is 12.9. The first-order valence-corrected chi connectivity index (χ1v) is 9.47. The van der Waals surface area contributed by atoms with Gasteiger partial charge in [-0.1, -0.05) is 0 Å². The Morgan fingerprint density at radius 3 is 2.57 bits per heavy atom. The fourth-order valence-corrected chi connectivity index (χ4v) is 4.17. The van der Waals surface area contributed by atoms with Gasteiger partial charge in [0, 0.05) is 44.5 Å². The van der Waals surface area contributed by atoms with E-state index in [1.165, 1.54) is 28.9 Å². The molecular formula is C15H17N5O6S2. The number of ether oxygens (including phenoxy) is 1. The molecule has 0 saturated carbocycles. The number of aryl methyl sites for hydroxylation is 1. The van der Waals surface area contributed by atoms with Crippen LogP contribution in [0.15, 0.2) is 32.6 Å². The highest BCUT2D eigenvalue weighted by Crippen LogP contribution is 2.41. The molecular weight excluding hydrogens is 410 g/mol. The summed E-state index contributed by atoms with van der Waals surface area (Å²) in [5.74, 6) is -0.982. The van der Waals surface area contributed by atoms with Gasteiger partial charge in [0.2, 0.25) is 0 Å². The summed E-state index contributed by atoms with van der Waals surface area (Å²) in [5.41, 5.74) is -1.36. The Bertz CT molecular complexity index is 1070. The number of aromatic nitrogens is 2. The minimum Gasteiger partial charge on any atom is -0.465 e. The summed E-state index contributed by atoms with van der Waals surface area (Å²) in [5, 5.41) is 11.7. The number of methoxy groups -OCH3 is 1. The van der Waals surface area contributed by atoms with Crippen LogP contribution in [0.25, 0.3) is 11.4 Å². The van der Waals surface area contributed by atoms with Gasteiger partial charge in [-0.05, 0) is 0 Å². The lowest BCUT2D eigenvalue weighted by Gasteiger charge is -2.14. The summed E-state index contributed by atoms with van der Waals surface area (Å²) >= 11 is 4.17. The number of benzene rings is 1. The second-order valence-corrected chi connectivity index (χ2v) is 7.78. The van der Waals surface area contributed by atoms with Crippen molar-refractivity contribution >= 4 is 40.6 Å². The number of esters is 1. The van der Waals surface area contributed by atoms with Crippen LogP contribution in [0.5, 0.6) is 0 Å². The molecule has 0 N–H and O–H groups in total. The molecule has 0 bridgehead atoms. The molecule has 150 valence electrons. The summed E-state index contributed by atoms with van der Waals surface area (Å²) in [6.45, 7) is 0. The monoisotopic (exact) mass is 427 g/mol. The third-order valence-electron chi connectivity index (χ3n) is 3.56. The van der Waals surface area contributed by atoms with E-state index in [0.717, 1.165) is 19.5 Å². The molecule has 0 aliphatic heterocycles. The van der Waals surface area contributed by atoms with Crippen LogP contribution >= 0.6 is 12.6 Å². The second kappa shape index (κ2) is 7.98. The van der Waals surface area contributed by atoms with Crippen molar-refractivity contribution in [3.8, 4) is 11.4 Å². The van der Waals surface area contributed by atoms with Crippen LogP contribution in [-0.2, 0) is 21.8 Å². The summed E-state index contributed by atoms with van der Waals surface area (Å²) in [6, 6.07) is 0.910. The van der Waals surface area contributed by atoms with Crippen molar-refractivity contribution in [1.29, 1.82) is 0 Å². The predicted molar refractivity (Wildman–Crippen MR) is 103 cm³/mol. The Hall–Kier alpha value is -2.93. The Morgan fingerprint density at radius 1 is 1.46 bits per heavy atom. The van der Waals surface area contributed by atoms with Gasteiger partial charge >= 0.3 is 5.97 Å². The number of thiol groups is 1. The minimum absolute atomic E-state index is 0.00274. The highest BCUT2D eigenvalue weighted by molar-refractivity contribution is 7.91. The zero-order valence-corrected chi connectivity index (χ0v) is 17.1. The third-order valence-corrected chi connectivity index (χ3v) is 5.47. The molecule has 0 fully saturated rings. The number of carbonyl (C=O) groups is 1. The van der Waals surface area contributed by atoms with E-state index < -0.39 is 31.5 Å². The zero-order chi connectivity index (χ0) is 21.2. The van der Waals surface area contributed by atoms with Gasteiger partial charge in [-0.25, -0.2) is 9.78 Å². The van der Waals surface area contributed by atoms with E-state index in [2.05, 4.69) is 26.7 Å². The third kappa shape index (κ3) is 3.99. The van der Waals surface area contributed by atoms with Gasteiger partial charge in [-0.2, -0.15) is 8.42 Å². The number of carbonyl (C=O) groups excluding carboxylic acids is 1. The first-order valence-electron chi connectivity index (χ1n) is 7.58. The smallest absolute Gasteiger partial charge is 0.339 e. The number of hydrogen-bond acceptors (Lipinski definition) is 8. The van der Waals surface area contributed by atoms with Crippen molar-refractivity contribution in [2.24, 2.45) is 11.4 Å². The lowest BCUT2D eigenvalue weighted by Crippen LogP contribution is -2.14. The maximum Gasteiger partial charge on any atom is 0.339 e. The van der Waals surface area contributed by atoms with Crippen molar-refractivity contribution < 1.29 is 22.9 Å². The van der Waals surface area contributed by atoms with E-state index in [-0.39, 0.29) is 21.8 Å². The molecule has 0 unspecified atom stereocenters. The Morgan fingerprint density at radius 2 is 2.11 bits per heavy atom. The first kappa shape index (κ1) is 21.4. The zero-order valence-electron chi connectivity index (χ0n) is 15.4. The molecule has 13 heteroatoms. The van der Waals surface area contributed by atoms with E-state index in [1.807, 2.05) is 0 Å². The van der Waals surface area contributed by atoms with Crippen molar-refractivity contribution in [2.45, 2.75) is 9.79 Å². The first-order chi connectivity index (χ1) is 13.0. The van der Waals surface area contributed by atoms with E-state index in [1.54, 1.807) is 14.1 Å². The van der Waals surface area contributed by atoms with Crippen molar-refractivity contribution in [2.75, 3.05) is 21.2 Å². The standard InChI is InChI=1S/C15H17N5O6S2/c1-18(2)8-17-28(24,25)13-11(14-16-5-6-19(14)3)10(20(22)23)7-9(12(13)27)15(21)26-4/h5-8,27H,1-4H3/b17-8+. The van der Waals surface area contributed by atoms with Gasteiger partial charge in [0.1, 0.15) is 22.6 Å².